The minimum Gasteiger partial charge on any atom is -1.00 e. The smallest absolute Gasteiger partial charge is 0.306 e. The second-order valence-corrected chi connectivity index (χ2v) is 7.82. The second kappa shape index (κ2) is 8.63. The van der Waals surface area contributed by atoms with Crippen LogP contribution in [0.4, 0.5) is 0 Å². The van der Waals surface area contributed by atoms with E-state index < -0.39 is 5.60 Å². The highest BCUT2D eigenvalue weighted by atomic mass is 79.9. The molecule has 0 aromatic heterocycles. The number of carbonyl (C=O) groups excluding carboxylic acids is 1. The fourth-order valence-corrected chi connectivity index (χ4v) is 3.55. The monoisotopic (exact) mass is 401 g/mol. The summed E-state index contributed by atoms with van der Waals surface area (Å²) in [7, 11) is 4.42. The molecule has 0 amide bonds. The van der Waals surface area contributed by atoms with Crippen molar-refractivity contribution in [2.45, 2.75) is 51.2 Å². The molecule has 4 nitrogen and oxygen atoms in total. The second-order valence-electron chi connectivity index (χ2n) is 7.82. The highest BCUT2D eigenvalue weighted by Gasteiger charge is 2.40. The molecule has 1 fully saturated rings. The minimum atomic E-state index is -0.950. The third-order valence-electron chi connectivity index (χ3n) is 5.61. The van der Waals surface area contributed by atoms with Crippen LogP contribution in [0.25, 0.3) is 0 Å². The maximum absolute atomic E-state index is 12.3. The Labute approximate surface area is 156 Å². The van der Waals surface area contributed by atoms with Gasteiger partial charge in [-0.05, 0) is 5.92 Å². The molecule has 1 saturated heterocycles. The van der Waals surface area contributed by atoms with Crippen molar-refractivity contribution in [2.24, 2.45) is 11.8 Å². The van der Waals surface area contributed by atoms with Crippen LogP contribution in [-0.4, -0.2) is 54.4 Å². The summed E-state index contributed by atoms with van der Waals surface area (Å²) < 4.78 is 6.67. The number of hydrogen-bond donors (Lipinski definition) is 1. The molecule has 0 saturated carbocycles. The summed E-state index contributed by atoms with van der Waals surface area (Å²) in [5.74, 6) is -0.283. The van der Waals surface area contributed by atoms with Gasteiger partial charge in [-0.15, -0.1) is 0 Å². The quantitative estimate of drug-likeness (QED) is 0.507. The standard InChI is InChI=1S/C19H32NO3.BrH/c1-5-15(2)19(22)11-7-6-8-16(19)14-18(21)23-17-9-12-20(3,4)13-10-17;/h6-8,11,15-17,22H,5,9-10,12-14H2,1-4H3;1H/q+1;/p-1. The molecular weight excluding hydrogens is 370 g/mol. The number of esters is 1. The van der Waals surface area contributed by atoms with E-state index in [0.29, 0.717) is 0 Å². The number of ether oxygens (including phenoxy) is 1. The summed E-state index contributed by atoms with van der Waals surface area (Å²) in [6.07, 6.45) is 10.6. The summed E-state index contributed by atoms with van der Waals surface area (Å²) in [5.41, 5.74) is -0.950. The Morgan fingerprint density at radius 2 is 1.96 bits per heavy atom. The van der Waals surface area contributed by atoms with E-state index in [4.69, 9.17) is 4.74 Å². The number of likely N-dealkylation sites (tertiary alicyclic amines) is 1. The fourth-order valence-electron chi connectivity index (χ4n) is 3.55. The molecule has 3 unspecified atom stereocenters. The Balaban J connectivity index is 0.00000288. The van der Waals surface area contributed by atoms with Gasteiger partial charge in [0.25, 0.3) is 0 Å². The molecule has 138 valence electrons. The lowest BCUT2D eigenvalue weighted by Crippen LogP contribution is -3.00. The summed E-state index contributed by atoms with van der Waals surface area (Å²) in [5, 5.41) is 11.0. The normalized spacial score (nSPS) is 30.5. The van der Waals surface area contributed by atoms with Crippen LogP contribution >= 0.6 is 0 Å². The molecule has 1 heterocycles. The van der Waals surface area contributed by atoms with Crippen LogP contribution in [0.1, 0.15) is 39.5 Å². The first kappa shape index (κ1) is 21.4. The van der Waals surface area contributed by atoms with E-state index in [1.165, 1.54) is 0 Å². The van der Waals surface area contributed by atoms with Crippen molar-refractivity contribution >= 4 is 5.97 Å². The Hall–Kier alpha value is -0.650. The maximum Gasteiger partial charge on any atom is 0.306 e. The van der Waals surface area contributed by atoms with E-state index in [-0.39, 0.29) is 47.3 Å². The Morgan fingerprint density at radius 3 is 2.54 bits per heavy atom. The number of rotatable bonds is 5. The van der Waals surface area contributed by atoms with Gasteiger partial charge >= 0.3 is 5.97 Å². The largest absolute Gasteiger partial charge is 1.00 e. The Morgan fingerprint density at radius 1 is 1.33 bits per heavy atom. The van der Waals surface area contributed by atoms with Gasteiger partial charge < -0.3 is 31.3 Å². The molecule has 0 spiro atoms. The predicted molar refractivity (Wildman–Crippen MR) is 91.7 cm³/mol. The number of allylic oxidation sites excluding steroid dienone is 2. The lowest BCUT2D eigenvalue weighted by Gasteiger charge is -2.39. The number of hydrogen-bond acceptors (Lipinski definition) is 3. The van der Waals surface area contributed by atoms with Crippen molar-refractivity contribution < 1.29 is 36.1 Å². The van der Waals surface area contributed by atoms with Crippen LogP contribution in [0.3, 0.4) is 0 Å². The zero-order valence-electron chi connectivity index (χ0n) is 15.4. The van der Waals surface area contributed by atoms with Gasteiger partial charge in [-0.2, -0.15) is 0 Å². The average molecular weight is 402 g/mol. The lowest BCUT2D eigenvalue weighted by atomic mass is 9.73. The third-order valence-corrected chi connectivity index (χ3v) is 5.61. The molecule has 1 aliphatic heterocycles. The molecule has 1 aliphatic carbocycles. The van der Waals surface area contributed by atoms with Gasteiger partial charge in [0.2, 0.25) is 0 Å². The van der Waals surface area contributed by atoms with Gasteiger partial charge in [-0.25, -0.2) is 0 Å². The number of halogens is 1. The molecule has 0 bridgehead atoms. The van der Waals surface area contributed by atoms with Crippen LogP contribution in [-0.2, 0) is 9.53 Å². The lowest BCUT2D eigenvalue weighted by molar-refractivity contribution is -0.896. The first-order chi connectivity index (χ1) is 10.8. The fraction of sp³-hybridized carbons (Fsp3) is 0.737. The van der Waals surface area contributed by atoms with Crippen LogP contribution in [0.5, 0.6) is 0 Å². The number of aliphatic hydroxyl groups is 1. The van der Waals surface area contributed by atoms with Gasteiger partial charge in [0.1, 0.15) is 6.10 Å². The summed E-state index contributed by atoms with van der Waals surface area (Å²) in [4.78, 5) is 12.3. The Kier molecular flexibility index (Phi) is 7.70. The van der Waals surface area contributed by atoms with E-state index in [1.807, 2.05) is 31.2 Å². The summed E-state index contributed by atoms with van der Waals surface area (Å²) in [6, 6.07) is 0. The molecule has 1 N–H and O–H groups in total. The molecule has 2 rings (SSSR count). The van der Waals surface area contributed by atoms with E-state index >= 15 is 0 Å². The zero-order valence-corrected chi connectivity index (χ0v) is 17.0. The van der Waals surface area contributed by atoms with Crippen LogP contribution < -0.4 is 17.0 Å². The maximum atomic E-state index is 12.3. The predicted octanol–water partition coefficient (Wildman–Crippen LogP) is -0.318. The highest BCUT2D eigenvalue weighted by Crippen LogP contribution is 2.36. The van der Waals surface area contributed by atoms with Gasteiger partial charge in [0, 0.05) is 18.8 Å². The van der Waals surface area contributed by atoms with Crippen molar-refractivity contribution in [3.05, 3.63) is 24.3 Å². The molecule has 3 atom stereocenters. The summed E-state index contributed by atoms with van der Waals surface area (Å²) in [6.45, 7) is 6.18. The number of piperidine rings is 1. The van der Waals surface area contributed by atoms with E-state index in [9.17, 15) is 9.90 Å². The van der Waals surface area contributed by atoms with Crippen LogP contribution in [0, 0.1) is 11.8 Å². The van der Waals surface area contributed by atoms with Crippen LogP contribution in [0.2, 0.25) is 0 Å². The van der Waals surface area contributed by atoms with Crippen molar-refractivity contribution in [3.63, 3.8) is 0 Å². The SMILES string of the molecule is CCC(C)C1(O)C=CC=CC1CC(=O)OC1CC[N+](C)(C)CC1.[Br-]. The average Bonchev–Trinajstić information content (AvgIpc) is 2.51. The topological polar surface area (TPSA) is 46.5 Å². The minimum absolute atomic E-state index is 0. The summed E-state index contributed by atoms with van der Waals surface area (Å²) >= 11 is 0. The van der Waals surface area contributed by atoms with Crippen molar-refractivity contribution in [1.82, 2.24) is 0 Å². The number of nitrogens with zero attached hydrogens (tertiary/aromatic N) is 1. The molecule has 24 heavy (non-hydrogen) atoms. The Bertz CT molecular complexity index is 479. The van der Waals surface area contributed by atoms with Crippen molar-refractivity contribution in [2.75, 3.05) is 27.2 Å². The van der Waals surface area contributed by atoms with Gasteiger partial charge in [-0.1, -0.05) is 44.6 Å². The van der Waals surface area contributed by atoms with E-state index in [2.05, 4.69) is 21.0 Å². The molecule has 0 aromatic rings. The molecular formula is C19H32BrNO3. The third kappa shape index (κ3) is 5.17. The molecule has 0 aromatic carbocycles. The van der Waals surface area contributed by atoms with E-state index in [0.717, 1.165) is 36.8 Å². The molecule has 5 heteroatoms. The molecule has 0 radical (unpaired) electrons. The van der Waals surface area contributed by atoms with Gasteiger partial charge in [-0.3, -0.25) is 4.79 Å². The van der Waals surface area contributed by atoms with E-state index in [1.54, 1.807) is 0 Å². The highest BCUT2D eigenvalue weighted by molar-refractivity contribution is 5.70. The van der Waals surface area contributed by atoms with Crippen molar-refractivity contribution in [1.29, 1.82) is 0 Å². The number of carbonyl (C=O) groups is 1. The number of quaternary nitrogens is 1. The zero-order chi connectivity index (χ0) is 17.1. The molecule has 2 aliphatic rings. The van der Waals surface area contributed by atoms with Gasteiger partial charge in [0.15, 0.2) is 0 Å². The first-order valence-corrected chi connectivity index (χ1v) is 8.86. The first-order valence-electron chi connectivity index (χ1n) is 8.86. The van der Waals surface area contributed by atoms with Crippen molar-refractivity contribution in [3.8, 4) is 0 Å². The van der Waals surface area contributed by atoms with Gasteiger partial charge in [0.05, 0.1) is 39.2 Å². The van der Waals surface area contributed by atoms with Crippen LogP contribution in [0.15, 0.2) is 24.3 Å².